The van der Waals surface area contributed by atoms with Gasteiger partial charge in [0.15, 0.2) is 0 Å². The molecule has 0 spiro atoms. The van der Waals surface area contributed by atoms with E-state index in [1.54, 1.807) is 12.4 Å². The molecule has 8 heteroatoms. The highest BCUT2D eigenvalue weighted by Gasteiger charge is 2.17. The fourth-order valence-corrected chi connectivity index (χ4v) is 2.33. The van der Waals surface area contributed by atoms with Crippen molar-refractivity contribution in [1.29, 1.82) is 0 Å². The molecule has 0 radical (unpaired) electrons. The van der Waals surface area contributed by atoms with Crippen LogP contribution in [-0.4, -0.2) is 23.4 Å². The molecule has 0 aliphatic carbocycles. The number of H-pyrrole nitrogens is 1. The lowest BCUT2D eigenvalue weighted by Gasteiger charge is -2.06. The van der Waals surface area contributed by atoms with Gasteiger partial charge in [0.05, 0.1) is 6.54 Å². The normalized spacial score (nSPS) is 11.5. The number of sulfonamides is 1. The summed E-state index contributed by atoms with van der Waals surface area (Å²) in [6.45, 7) is 0.0731. The van der Waals surface area contributed by atoms with Crippen LogP contribution in [0, 0.1) is 0 Å². The monoisotopic (exact) mass is 253 g/mol. The van der Waals surface area contributed by atoms with Crippen LogP contribution < -0.4 is 10.5 Å². The molecule has 0 bridgehead atoms. The Hall–Kier alpha value is -1.93. The molecule has 0 aromatic carbocycles. The molecule has 0 unspecified atom stereocenters. The second kappa shape index (κ2) is 4.52. The molecule has 0 aliphatic heterocycles. The Kier molecular flexibility index (Phi) is 3.07. The van der Waals surface area contributed by atoms with Gasteiger partial charge in [0, 0.05) is 18.6 Å². The molecule has 0 atom stereocenters. The van der Waals surface area contributed by atoms with E-state index in [9.17, 15) is 8.42 Å². The Labute approximate surface area is 98.2 Å². The van der Waals surface area contributed by atoms with Crippen LogP contribution in [0.4, 0.5) is 5.82 Å². The number of nitrogens with one attached hydrogen (secondary N) is 2. The van der Waals surface area contributed by atoms with Crippen LogP contribution in [0.5, 0.6) is 0 Å². The van der Waals surface area contributed by atoms with E-state index in [0.29, 0.717) is 5.82 Å². The standard InChI is InChI=1S/C9H11N5O2S/c10-9-7(2-1-3-13-9)17(15,16)14-6-8-11-4-5-12-8/h1-5,14H,6H2,(H2,10,13)(H,11,12). The number of aromatic nitrogens is 3. The van der Waals surface area contributed by atoms with Gasteiger partial charge in [-0.15, -0.1) is 0 Å². The van der Waals surface area contributed by atoms with E-state index in [4.69, 9.17) is 5.73 Å². The zero-order chi connectivity index (χ0) is 12.3. The van der Waals surface area contributed by atoms with Gasteiger partial charge in [0.1, 0.15) is 16.5 Å². The van der Waals surface area contributed by atoms with Gasteiger partial charge in [-0.1, -0.05) is 0 Å². The van der Waals surface area contributed by atoms with Gasteiger partial charge >= 0.3 is 0 Å². The quantitative estimate of drug-likeness (QED) is 0.702. The van der Waals surface area contributed by atoms with Crippen molar-refractivity contribution in [2.45, 2.75) is 11.4 Å². The van der Waals surface area contributed by atoms with Crippen LogP contribution in [-0.2, 0) is 16.6 Å². The first-order chi connectivity index (χ1) is 8.09. The van der Waals surface area contributed by atoms with Gasteiger partial charge in [-0.3, -0.25) is 0 Å². The number of nitrogens with zero attached hydrogens (tertiary/aromatic N) is 2. The molecule has 90 valence electrons. The first-order valence-electron chi connectivity index (χ1n) is 4.78. The molecule has 0 saturated carbocycles. The Bertz CT molecular complexity index is 594. The highest BCUT2D eigenvalue weighted by atomic mass is 32.2. The molecule has 7 nitrogen and oxygen atoms in total. The third-order valence-electron chi connectivity index (χ3n) is 2.07. The molecule has 2 heterocycles. The smallest absolute Gasteiger partial charge is 0.244 e. The van der Waals surface area contributed by atoms with E-state index in [1.807, 2.05) is 0 Å². The van der Waals surface area contributed by atoms with Crippen LogP contribution >= 0.6 is 0 Å². The van der Waals surface area contributed by atoms with Crippen molar-refractivity contribution in [3.63, 3.8) is 0 Å². The Balaban J connectivity index is 2.17. The zero-order valence-electron chi connectivity index (χ0n) is 8.79. The molecule has 2 aromatic rings. The number of aromatic amines is 1. The number of hydrogen-bond acceptors (Lipinski definition) is 5. The minimum atomic E-state index is -3.66. The average molecular weight is 253 g/mol. The molecule has 0 saturated heterocycles. The molecule has 17 heavy (non-hydrogen) atoms. The fourth-order valence-electron chi connectivity index (χ4n) is 1.27. The predicted octanol–water partition coefficient (Wildman–Crippen LogP) is -0.135. The average Bonchev–Trinajstić information content (AvgIpc) is 2.80. The van der Waals surface area contributed by atoms with Crippen LogP contribution in [0.15, 0.2) is 35.6 Å². The molecule has 0 fully saturated rings. The Morgan fingerprint density at radius 3 is 2.82 bits per heavy atom. The highest BCUT2D eigenvalue weighted by molar-refractivity contribution is 7.89. The van der Waals surface area contributed by atoms with Gasteiger partial charge in [0.2, 0.25) is 10.0 Å². The lowest BCUT2D eigenvalue weighted by Crippen LogP contribution is -2.24. The number of pyridine rings is 1. The number of anilines is 1. The lowest BCUT2D eigenvalue weighted by atomic mass is 10.5. The van der Waals surface area contributed by atoms with Crippen molar-refractivity contribution in [3.8, 4) is 0 Å². The summed E-state index contributed by atoms with van der Waals surface area (Å²) in [5, 5.41) is 0. The number of hydrogen-bond donors (Lipinski definition) is 3. The maximum absolute atomic E-state index is 11.9. The second-order valence-electron chi connectivity index (χ2n) is 3.25. The minimum Gasteiger partial charge on any atom is -0.383 e. The van der Waals surface area contributed by atoms with E-state index < -0.39 is 10.0 Å². The van der Waals surface area contributed by atoms with Crippen molar-refractivity contribution in [2.24, 2.45) is 0 Å². The molecule has 4 N–H and O–H groups in total. The molecule has 0 amide bonds. The molecule has 2 rings (SSSR count). The first-order valence-corrected chi connectivity index (χ1v) is 6.26. The first kappa shape index (κ1) is 11.6. The number of imidazole rings is 1. The molecule has 2 aromatic heterocycles. The van der Waals surface area contributed by atoms with Gasteiger partial charge < -0.3 is 10.7 Å². The van der Waals surface area contributed by atoms with Crippen LogP contribution in [0.2, 0.25) is 0 Å². The third-order valence-corrected chi connectivity index (χ3v) is 3.52. The largest absolute Gasteiger partial charge is 0.383 e. The topological polar surface area (TPSA) is 114 Å². The summed E-state index contributed by atoms with van der Waals surface area (Å²) in [6, 6.07) is 2.91. The highest BCUT2D eigenvalue weighted by Crippen LogP contribution is 2.14. The van der Waals surface area contributed by atoms with E-state index in [0.717, 1.165) is 0 Å². The minimum absolute atomic E-state index is 0.0283. The predicted molar refractivity (Wildman–Crippen MR) is 61.3 cm³/mol. The number of nitrogen functional groups attached to an aromatic ring is 1. The van der Waals surface area contributed by atoms with Gasteiger partial charge in [-0.25, -0.2) is 23.1 Å². The van der Waals surface area contributed by atoms with Crippen LogP contribution in [0.25, 0.3) is 0 Å². The third kappa shape index (κ3) is 2.60. The van der Waals surface area contributed by atoms with Gasteiger partial charge in [-0.05, 0) is 12.1 Å². The van der Waals surface area contributed by atoms with Crippen LogP contribution in [0.3, 0.4) is 0 Å². The molecular weight excluding hydrogens is 242 g/mol. The second-order valence-corrected chi connectivity index (χ2v) is 4.98. The van der Waals surface area contributed by atoms with Crippen molar-refractivity contribution < 1.29 is 8.42 Å². The molecule has 0 aliphatic rings. The summed E-state index contributed by atoms with van der Waals surface area (Å²) in [5.74, 6) is 0.496. The van der Waals surface area contributed by atoms with E-state index in [2.05, 4.69) is 19.7 Å². The van der Waals surface area contributed by atoms with E-state index >= 15 is 0 Å². The maximum atomic E-state index is 11.9. The number of rotatable bonds is 4. The summed E-state index contributed by atoms with van der Waals surface area (Å²) in [4.78, 5) is 10.4. The molecular formula is C9H11N5O2S. The van der Waals surface area contributed by atoms with Crippen molar-refractivity contribution in [2.75, 3.05) is 5.73 Å². The van der Waals surface area contributed by atoms with E-state index in [1.165, 1.54) is 18.3 Å². The lowest BCUT2D eigenvalue weighted by molar-refractivity contribution is 0.579. The summed E-state index contributed by atoms with van der Waals surface area (Å²) in [5.41, 5.74) is 5.50. The summed E-state index contributed by atoms with van der Waals surface area (Å²) in [6.07, 6.45) is 4.59. The summed E-state index contributed by atoms with van der Waals surface area (Å²) < 4.78 is 26.1. The fraction of sp³-hybridized carbons (Fsp3) is 0.111. The zero-order valence-corrected chi connectivity index (χ0v) is 9.61. The van der Waals surface area contributed by atoms with Gasteiger partial charge in [0.25, 0.3) is 0 Å². The maximum Gasteiger partial charge on any atom is 0.244 e. The van der Waals surface area contributed by atoms with Crippen LogP contribution in [0.1, 0.15) is 5.82 Å². The van der Waals surface area contributed by atoms with Crippen molar-refractivity contribution in [3.05, 3.63) is 36.5 Å². The Morgan fingerprint density at radius 1 is 1.35 bits per heavy atom. The SMILES string of the molecule is Nc1ncccc1S(=O)(=O)NCc1ncc[nH]1. The van der Waals surface area contributed by atoms with E-state index in [-0.39, 0.29) is 17.3 Å². The van der Waals surface area contributed by atoms with Crippen molar-refractivity contribution in [1.82, 2.24) is 19.7 Å². The summed E-state index contributed by atoms with van der Waals surface area (Å²) in [7, 11) is -3.66. The van der Waals surface area contributed by atoms with Crippen molar-refractivity contribution >= 4 is 15.8 Å². The van der Waals surface area contributed by atoms with Gasteiger partial charge in [-0.2, -0.15) is 0 Å². The number of nitrogens with two attached hydrogens (primary N) is 1. The Morgan fingerprint density at radius 2 is 2.18 bits per heavy atom. The summed E-state index contributed by atoms with van der Waals surface area (Å²) >= 11 is 0.